The molecule has 0 radical (unpaired) electrons. The van der Waals surface area contributed by atoms with Gasteiger partial charge in [-0.1, -0.05) is 12.1 Å². The van der Waals surface area contributed by atoms with E-state index in [1.54, 1.807) is 44.4 Å². The lowest BCUT2D eigenvalue weighted by Crippen LogP contribution is -2.12. The molecule has 1 aromatic heterocycles. The molecular weight excluding hydrogens is 268 g/mol. The fourth-order valence-corrected chi connectivity index (χ4v) is 2.13. The minimum absolute atomic E-state index is 0.220. The van der Waals surface area contributed by atoms with Gasteiger partial charge in [0.15, 0.2) is 11.5 Å². The number of amides is 1. The molecule has 0 saturated carbocycles. The summed E-state index contributed by atoms with van der Waals surface area (Å²) in [5.74, 6) is 0.971. The minimum atomic E-state index is -0.220. The van der Waals surface area contributed by atoms with Crippen LogP contribution in [-0.4, -0.2) is 18.0 Å². The van der Waals surface area contributed by atoms with Crippen molar-refractivity contribution in [3.05, 3.63) is 53.9 Å². The quantitative estimate of drug-likeness (QED) is 0.799. The number of hydrogen-bond donors (Lipinski definition) is 1. The molecule has 21 heavy (non-hydrogen) atoms. The van der Waals surface area contributed by atoms with E-state index < -0.39 is 0 Å². The molecule has 5 nitrogen and oxygen atoms in total. The van der Waals surface area contributed by atoms with E-state index >= 15 is 0 Å². The summed E-state index contributed by atoms with van der Waals surface area (Å²) in [6.45, 7) is 1.77. The summed E-state index contributed by atoms with van der Waals surface area (Å²) in [6.07, 6.45) is 0. The first-order valence-corrected chi connectivity index (χ1v) is 6.49. The number of carbonyl (C=O) groups is 1. The van der Waals surface area contributed by atoms with Crippen LogP contribution in [0.4, 0.5) is 5.69 Å². The largest absolute Gasteiger partial charge is 0.495 e. The number of anilines is 1. The highest BCUT2D eigenvalue weighted by Crippen LogP contribution is 2.24. The number of rotatable bonds is 3. The van der Waals surface area contributed by atoms with Gasteiger partial charge in [-0.05, 0) is 30.3 Å². The number of nitrogens with zero attached hydrogens (tertiary/aromatic N) is 1. The average Bonchev–Trinajstić information content (AvgIpc) is 2.86. The second kappa shape index (κ2) is 5.28. The number of ether oxygens (including phenoxy) is 1. The third-order valence-electron chi connectivity index (χ3n) is 3.11. The van der Waals surface area contributed by atoms with Crippen molar-refractivity contribution in [1.29, 1.82) is 0 Å². The Morgan fingerprint density at radius 2 is 2.05 bits per heavy atom. The van der Waals surface area contributed by atoms with Crippen molar-refractivity contribution in [3.8, 4) is 5.75 Å². The van der Waals surface area contributed by atoms with E-state index in [1.165, 1.54) is 0 Å². The van der Waals surface area contributed by atoms with E-state index in [9.17, 15) is 4.79 Å². The molecule has 0 aliphatic carbocycles. The number of aryl methyl sites for hydroxylation is 1. The zero-order chi connectivity index (χ0) is 14.8. The van der Waals surface area contributed by atoms with Crippen LogP contribution in [-0.2, 0) is 0 Å². The zero-order valence-electron chi connectivity index (χ0n) is 11.7. The van der Waals surface area contributed by atoms with E-state index in [4.69, 9.17) is 9.15 Å². The van der Waals surface area contributed by atoms with Gasteiger partial charge in [0.1, 0.15) is 11.3 Å². The summed E-state index contributed by atoms with van der Waals surface area (Å²) in [7, 11) is 1.56. The molecule has 1 amide bonds. The van der Waals surface area contributed by atoms with Crippen molar-refractivity contribution in [3.63, 3.8) is 0 Å². The monoisotopic (exact) mass is 282 g/mol. The van der Waals surface area contributed by atoms with Crippen molar-refractivity contribution in [1.82, 2.24) is 4.98 Å². The first kappa shape index (κ1) is 13.2. The smallest absolute Gasteiger partial charge is 0.255 e. The van der Waals surface area contributed by atoms with Gasteiger partial charge >= 0.3 is 0 Å². The fourth-order valence-electron chi connectivity index (χ4n) is 2.13. The van der Waals surface area contributed by atoms with Crippen molar-refractivity contribution < 1.29 is 13.9 Å². The summed E-state index contributed by atoms with van der Waals surface area (Å²) in [5.41, 5.74) is 2.48. The predicted octanol–water partition coefficient (Wildman–Crippen LogP) is 3.40. The third-order valence-corrected chi connectivity index (χ3v) is 3.11. The SMILES string of the molecule is COc1ccccc1NC(=O)c1ccc2oc(C)nc2c1. The Morgan fingerprint density at radius 3 is 2.86 bits per heavy atom. The summed E-state index contributed by atoms with van der Waals surface area (Å²) in [6, 6.07) is 12.4. The van der Waals surface area contributed by atoms with E-state index in [2.05, 4.69) is 10.3 Å². The molecule has 0 unspecified atom stereocenters. The van der Waals surface area contributed by atoms with Crippen LogP contribution in [0.2, 0.25) is 0 Å². The van der Waals surface area contributed by atoms with Crippen LogP contribution in [0, 0.1) is 6.92 Å². The zero-order valence-corrected chi connectivity index (χ0v) is 11.7. The maximum absolute atomic E-state index is 12.3. The maximum atomic E-state index is 12.3. The number of nitrogens with one attached hydrogen (secondary N) is 1. The molecule has 106 valence electrons. The summed E-state index contributed by atoms with van der Waals surface area (Å²) >= 11 is 0. The Labute approximate surface area is 121 Å². The Kier molecular flexibility index (Phi) is 3.31. The topological polar surface area (TPSA) is 64.4 Å². The molecule has 0 atom stereocenters. The highest BCUT2D eigenvalue weighted by atomic mass is 16.5. The Morgan fingerprint density at radius 1 is 1.24 bits per heavy atom. The number of benzene rings is 2. The Balaban J connectivity index is 1.89. The lowest BCUT2D eigenvalue weighted by Gasteiger charge is -2.09. The molecule has 0 saturated heterocycles. The van der Waals surface area contributed by atoms with Gasteiger partial charge in [-0.2, -0.15) is 0 Å². The van der Waals surface area contributed by atoms with Gasteiger partial charge in [-0.15, -0.1) is 0 Å². The molecule has 1 N–H and O–H groups in total. The summed E-state index contributed by atoms with van der Waals surface area (Å²) in [5, 5.41) is 2.83. The van der Waals surface area contributed by atoms with Crippen LogP contribution < -0.4 is 10.1 Å². The average molecular weight is 282 g/mol. The number of oxazole rings is 1. The van der Waals surface area contributed by atoms with Gasteiger partial charge in [0, 0.05) is 12.5 Å². The predicted molar refractivity (Wildman–Crippen MR) is 79.7 cm³/mol. The van der Waals surface area contributed by atoms with Gasteiger partial charge in [0.25, 0.3) is 5.91 Å². The molecule has 5 heteroatoms. The van der Waals surface area contributed by atoms with Crippen molar-refractivity contribution >= 4 is 22.7 Å². The number of carbonyl (C=O) groups excluding carboxylic acids is 1. The normalized spacial score (nSPS) is 10.6. The molecule has 2 aromatic carbocycles. The molecule has 0 spiro atoms. The molecular formula is C16H14N2O3. The Bertz CT molecular complexity index is 808. The van der Waals surface area contributed by atoms with Gasteiger partial charge in [-0.25, -0.2) is 4.98 Å². The molecule has 1 heterocycles. The molecule has 3 aromatic rings. The number of para-hydroxylation sites is 2. The van der Waals surface area contributed by atoms with Crippen LogP contribution in [0.5, 0.6) is 5.75 Å². The second-order valence-electron chi connectivity index (χ2n) is 4.57. The van der Waals surface area contributed by atoms with Crippen LogP contribution >= 0.6 is 0 Å². The maximum Gasteiger partial charge on any atom is 0.255 e. The van der Waals surface area contributed by atoms with Crippen molar-refractivity contribution in [2.24, 2.45) is 0 Å². The lowest BCUT2D eigenvalue weighted by molar-refractivity contribution is 0.102. The highest BCUT2D eigenvalue weighted by Gasteiger charge is 2.11. The molecule has 0 bridgehead atoms. The summed E-state index contributed by atoms with van der Waals surface area (Å²) in [4.78, 5) is 16.5. The molecule has 0 aliphatic heterocycles. The lowest BCUT2D eigenvalue weighted by atomic mass is 10.2. The second-order valence-corrected chi connectivity index (χ2v) is 4.57. The highest BCUT2D eigenvalue weighted by molar-refractivity contribution is 6.06. The van der Waals surface area contributed by atoms with Crippen molar-refractivity contribution in [2.75, 3.05) is 12.4 Å². The van der Waals surface area contributed by atoms with Crippen LogP contribution in [0.15, 0.2) is 46.9 Å². The Hall–Kier alpha value is -2.82. The third kappa shape index (κ3) is 2.58. The standard InChI is InChI=1S/C16H14N2O3/c1-10-17-13-9-11(7-8-15(13)21-10)16(19)18-12-5-3-4-6-14(12)20-2/h3-9H,1-2H3,(H,18,19). The first-order valence-electron chi connectivity index (χ1n) is 6.49. The fraction of sp³-hybridized carbons (Fsp3) is 0.125. The van der Waals surface area contributed by atoms with Crippen LogP contribution in [0.1, 0.15) is 16.2 Å². The minimum Gasteiger partial charge on any atom is -0.495 e. The van der Waals surface area contributed by atoms with Crippen molar-refractivity contribution in [2.45, 2.75) is 6.92 Å². The molecule has 0 aliphatic rings. The molecule has 3 rings (SSSR count). The van der Waals surface area contributed by atoms with Crippen LogP contribution in [0.25, 0.3) is 11.1 Å². The van der Waals surface area contributed by atoms with E-state index in [0.29, 0.717) is 34.0 Å². The first-order chi connectivity index (χ1) is 10.2. The van der Waals surface area contributed by atoms with E-state index in [-0.39, 0.29) is 5.91 Å². The van der Waals surface area contributed by atoms with E-state index in [0.717, 1.165) is 0 Å². The van der Waals surface area contributed by atoms with Crippen LogP contribution in [0.3, 0.4) is 0 Å². The van der Waals surface area contributed by atoms with E-state index in [1.807, 2.05) is 12.1 Å². The van der Waals surface area contributed by atoms with Gasteiger partial charge in [-0.3, -0.25) is 4.79 Å². The van der Waals surface area contributed by atoms with Gasteiger partial charge < -0.3 is 14.5 Å². The number of hydrogen-bond acceptors (Lipinski definition) is 4. The summed E-state index contributed by atoms with van der Waals surface area (Å²) < 4.78 is 10.6. The number of fused-ring (bicyclic) bond motifs is 1. The van der Waals surface area contributed by atoms with Gasteiger partial charge in [0.2, 0.25) is 0 Å². The number of aromatic nitrogens is 1. The molecule has 0 fully saturated rings. The van der Waals surface area contributed by atoms with Gasteiger partial charge in [0.05, 0.1) is 12.8 Å². The number of methoxy groups -OCH3 is 1.